The molecule has 3 aliphatic rings. The molecule has 0 radical (unpaired) electrons. The minimum absolute atomic E-state index is 0.183. The molecule has 0 amide bonds. The van der Waals surface area contributed by atoms with Crippen molar-refractivity contribution >= 4 is 11.9 Å². The first-order chi connectivity index (χ1) is 9.83. The first-order valence-electron chi connectivity index (χ1n) is 7.09. The van der Waals surface area contributed by atoms with Gasteiger partial charge in [0.05, 0.1) is 0 Å². The molecule has 1 atom stereocenters. The quantitative estimate of drug-likeness (QED) is 0.694. The van der Waals surface area contributed by atoms with Crippen LogP contribution in [0.25, 0.3) is 0 Å². The highest BCUT2D eigenvalue weighted by molar-refractivity contribution is 5.94. The summed E-state index contributed by atoms with van der Waals surface area (Å²) in [5.74, 6) is 0.574. The van der Waals surface area contributed by atoms with Crippen LogP contribution in [0, 0.1) is 5.41 Å². The second-order valence-corrected chi connectivity index (χ2v) is 6.03. The summed E-state index contributed by atoms with van der Waals surface area (Å²) in [6.45, 7) is 7.22. The third kappa shape index (κ3) is 1.97. The lowest BCUT2D eigenvalue weighted by Crippen LogP contribution is -2.27. The second-order valence-electron chi connectivity index (χ2n) is 6.03. The van der Waals surface area contributed by atoms with Gasteiger partial charge in [-0.1, -0.05) is 13.0 Å². The van der Waals surface area contributed by atoms with Crippen molar-refractivity contribution in [2.45, 2.75) is 40.5 Å². The van der Waals surface area contributed by atoms with E-state index in [1.807, 2.05) is 19.1 Å². The molecule has 0 aromatic carbocycles. The minimum Gasteiger partial charge on any atom is -0.426 e. The Morgan fingerprint density at radius 1 is 1.33 bits per heavy atom. The first kappa shape index (κ1) is 13.9. The van der Waals surface area contributed by atoms with Crippen molar-refractivity contribution in [3.05, 3.63) is 46.0 Å². The summed E-state index contributed by atoms with van der Waals surface area (Å²) in [5.41, 5.74) is 3.33. The molecule has 1 unspecified atom stereocenters. The Kier molecular flexibility index (Phi) is 2.94. The highest BCUT2D eigenvalue weighted by Gasteiger charge is 2.43. The Bertz CT molecular complexity index is 688. The molecule has 3 rings (SSSR count). The Hall–Kier alpha value is -2.10. The van der Waals surface area contributed by atoms with E-state index in [9.17, 15) is 9.59 Å². The smallest absolute Gasteiger partial charge is 0.339 e. The van der Waals surface area contributed by atoms with Gasteiger partial charge in [-0.05, 0) is 38.3 Å². The predicted octanol–water partition coefficient (Wildman–Crippen LogP) is 3.32. The molecule has 0 saturated carbocycles. The van der Waals surface area contributed by atoms with Gasteiger partial charge in [0.25, 0.3) is 0 Å². The summed E-state index contributed by atoms with van der Waals surface area (Å²) in [5, 5.41) is 0. The average molecular weight is 286 g/mol. The van der Waals surface area contributed by atoms with Gasteiger partial charge in [0, 0.05) is 29.1 Å². The topological polar surface area (TPSA) is 52.6 Å². The zero-order chi connectivity index (χ0) is 15.4. The van der Waals surface area contributed by atoms with Gasteiger partial charge >= 0.3 is 11.9 Å². The molecule has 0 bridgehead atoms. The first-order valence-corrected chi connectivity index (χ1v) is 7.09. The van der Waals surface area contributed by atoms with Crippen LogP contribution in [0.2, 0.25) is 0 Å². The summed E-state index contributed by atoms with van der Waals surface area (Å²) >= 11 is 0. The Morgan fingerprint density at radius 2 is 2.05 bits per heavy atom. The lowest BCUT2D eigenvalue weighted by atomic mass is 9.67. The Labute approximate surface area is 123 Å². The van der Waals surface area contributed by atoms with Gasteiger partial charge in [-0.2, -0.15) is 0 Å². The van der Waals surface area contributed by atoms with Crippen LogP contribution >= 0.6 is 0 Å². The van der Waals surface area contributed by atoms with Crippen LogP contribution in [0.1, 0.15) is 40.5 Å². The third-order valence-electron chi connectivity index (χ3n) is 4.52. The SMILES string of the molecule is CC(=O)OC1=C(C)C2=C3OC(=O)C(C)=C3CCC2(C)C=C1. The molecule has 0 spiro atoms. The van der Waals surface area contributed by atoms with Gasteiger partial charge in [0.15, 0.2) is 0 Å². The van der Waals surface area contributed by atoms with Gasteiger partial charge < -0.3 is 9.47 Å². The monoisotopic (exact) mass is 286 g/mol. The van der Waals surface area contributed by atoms with Crippen molar-refractivity contribution in [2.75, 3.05) is 0 Å². The zero-order valence-corrected chi connectivity index (χ0v) is 12.7. The van der Waals surface area contributed by atoms with Crippen LogP contribution in [0.15, 0.2) is 46.0 Å². The third-order valence-corrected chi connectivity index (χ3v) is 4.52. The van der Waals surface area contributed by atoms with Crippen molar-refractivity contribution in [2.24, 2.45) is 5.41 Å². The summed E-state index contributed by atoms with van der Waals surface area (Å²) in [4.78, 5) is 23.1. The lowest BCUT2D eigenvalue weighted by molar-refractivity contribution is -0.136. The summed E-state index contributed by atoms with van der Waals surface area (Å²) in [6, 6.07) is 0. The van der Waals surface area contributed by atoms with Crippen LogP contribution in [0.5, 0.6) is 0 Å². The van der Waals surface area contributed by atoms with Crippen LogP contribution in [0.4, 0.5) is 0 Å². The fourth-order valence-corrected chi connectivity index (χ4v) is 3.33. The van der Waals surface area contributed by atoms with E-state index < -0.39 is 0 Å². The highest BCUT2D eigenvalue weighted by atomic mass is 16.5. The van der Waals surface area contributed by atoms with Crippen molar-refractivity contribution in [1.82, 2.24) is 0 Å². The lowest BCUT2D eigenvalue weighted by Gasteiger charge is -2.38. The molecule has 0 aromatic rings. The number of fused-ring (bicyclic) bond motifs is 2. The number of rotatable bonds is 1. The van der Waals surface area contributed by atoms with Crippen molar-refractivity contribution in [3.63, 3.8) is 0 Å². The highest BCUT2D eigenvalue weighted by Crippen LogP contribution is 2.52. The molecule has 110 valence electrons. The summed E-state index contributed by atoms with van der Waals surface area (Å²) in [6.07, 6.45) is 5.63. The fraction of sp³-hybridized carbons (Fsp3) is 0.412. The van der Waals surface area contributed by atoms with E-state index >= 15 is 0 Å². The number of carbonyl (C=O) groups excluding carboxylic acids is 2. The predicted molar refractivity (Wildman–Crippen MR) is 76.8 cm³/mol. The van der Waals surface area contributed by atoms with Crippen LogP contribution in [-0.2, 0) is 19.1 Å². The normalized spacial score (nSPS) is 27.7. The maximum absolute atomic E-state index is 11.9. The largest absolute Gasteiger partial charge is 0.426 e. The van der Waals surface area contributed by atoms with Gasteiger partial charge in [-0.3, -0.25) is 4.79 Å². The molecule has 2 aliphatic carbocycles. The molecule has 1 heterocycles. The fourth-order valence-electron chi connectivity index (χ4n) is 3.33. The number of ether oxygens (including phenoxy) is 2. The number of hydrogen-bond acceptors (Lipinski definition) is 4. The van der Waals surface area contributed by atoms with E-state index in [4.69, 9.17) is 9.47 Å². The van der Waals surface area contributed by atoms with E-state index in [-0.39, 0.29) is 17.4 Å². The van der Waals surface area contributed by atoms with E-state index in [0.717, 1.165) is 29.6 Å². The molecule has 0 N–H and O–H groups in total. The van der Waals surface area contributed by atoms with Gasteiger partial charge in [-0.15, -0.1) is 0 Å². The molecule has 0 saturated heterocycles. The van der Waals surface area contributed by atoms with Gasteiger partial charge in [-0.25, -0.2) is 4.79 Å². The van der Waals surface area contributed by atoms with Gasteiger partial charge in [0.1, 0.15) is 11.5 Å². The second kappa shape index (κ2) is 4.45. The molecule has 0 fully saturated rings. The van der Waals surface area contributed by atoms with E-state index in [0.29, 0.717) is 17.1 Å². The molecule has 21 heavy (non-hydrogen) atoms. The van der Waals surface area contributed by atoms with Crippen LogP contribution in [0.3, 0.4) is 0 Å². The molecule has 4 heteroatoms. The van der Waals surface area contributed by atoms with E-state index in [2.05, 4.69) is 6.92 Å². The minimum atomic E-state index is -0.352. The molecule has 4 nitrogen and oxygen atoms in total. The molecule has 1 aliphatic heterocycles. The van der Waals surface area contributed by atoms with Crippen molar-refractivity contribution in [1.29, 1.82) is 0 Å². The van der Waals surface area contributed by atoms with E-state index in [1.165, 1.54) is 6.92 Å². The van der Waals surface area contributed by atoms with Crippen LogP contribution in [-0.4, -0.2) is 11.9 Å². The number of hydrogen-bond donors (Lipinski definition) is 0. The summed E-state index contributed by atoms with van der Waals surface area (Å²) in [7, 11) is 0. The standard InChI is InChI=1S/C17H18O4/c1-9-12-5-7-17(4)8-6-13(20-11(3)18)10(2)14(17)15(12)21-16(9)19/h6,8H,5,7H2,1-4H3. The zero-order valence-electron chi connectivity index (χ0n) is 12.7. The maximum atomic E-state index is 11.9. The average Bonchev–Trinajstić information content (AvgIpc) is 2.68. The Balaban J connectivity index is 2.20. The molecular formula is C17H18O4. The van der Waals surface area contributed by atoms with Crippen molar-refractivity contribution in [3.8, 4) is 0 Å². The van der Waals surface area contributed by atoms with Crippen molar-refractivity contribution < 1.29 is 19.1 Å². The molecular weight excluding hydrogens is 268 g/mol. The number of allylic oxidation sites excluding steroid dienone is 5. The van der Waals surface area contributed by atoms with Gasteiger partial charge in [0.2, 0.25) is 0 Å². The van der Waals surface area contributed by atoms with E-state index in [1.54, 1.807) is 6.92 Å². The molecule has 0 aromatic heterocycles. The maximum Gasteiger partial charge on any atom is 0.339 e. The Morgan fingerprint density at radius 3 is 2.71 bits per heavy atom. The van der Waals surface area contributed by atoms with Crippen LogP contribution < -0.4 is 0 Å². The number of carbonyl (C=O) groups is 2. The summed E-state index contributed by atoms with van der Waals surface area (Å²) < 4.78 is 10.8. The number of esters is 2.